The van der Waals surface area contributed by atoms with Gasteiger partial charge in [-0.05, 0) is 71.3 Å². The fraction of sp³-hybridized carbons (Fsp3) is 0. The number of para-hydroxylation sites is 5. The first-order chi connectivity index (χ1) is 28.3. The van der Waals surface area contributed by atoms with Crippen LogP contribution in [-0.4, -0.2) is 4.57 Å². The second-order valence-electron chi connectivity index (χ2n) is 14.5. The van der Waals surface area contributed by atoms with Crippen molar-refractivity contribution in [3.8, 4) is 39.1 Å². The van der Waals surface area contributed by atoms with Crippen LogP contribution in [0.2, 0.25) is 0 Å². The number of nitrogens with zero attached hydrogens (tertiary/aromatic N) is 2. The summed E-state index contributed by atoms with van der Waals surface area (Å²) in [6.45, 7) is 0. The Labute approximate surface area is 330 Å². The molecule has 0 aliphatic carbocycles. The van der Waals surface area contributed by atoms with Crippen molar-refractivity contribution < 1.29 is 4.42 Å². The van der Waals surface area contributed by atoms with Crippen molar-refractivity contribution in [1.82, 2.24) is 4.57 Å². The minimum atomic E-state index is 0.881. The fourth-order valence-corrected chi connectivity index (χ4v) is 8.61. The summed E-state index contributed by atoms with van der Waals surface area (Å²) in [5, 5.41) is 4.65. The highest BCUT2D eigenvalue weighted by atomic mass is 16.3. The Morgan fingerprint density at radius 2 is 0.982 bits per heavy atom. The Hall–Kier alpha value is -7.62. The van der Waals surface area contributed by atoms with Crippen LogP contribution >= 0.6 is 0 Å². The Bertz CT molecular complexity index is 3230. The third-order valence-corrected chi connectivity index (χ3v) is 11.2. The molecule has 0 unspecified atom stereocenters. The van der Waals surface area contributed by atoms with Gasteiger partial charge in [0.25, 0.3) is 0 Å². The van der Waals surface area contributed by atoms with E-state index in [4.69, 9.17) is 4.42 Å². The highest BCUT2D eigenvalue weighted by Crippen LogP contribution is 2.47. The molecular weight excluding hydrogens is 693 g/mol. The maximum atomic E-state index is 6.71. The van der Waals surface area contributed by atoms with E-state index in [0.29, 0.717) is 0 Å². The summed E-state index contributed by atoms with van der Waals surface area (Å²) in [6, 6.07) is 78.1. The van der Waals surface area contributed by atoms with Gasteiger partial charge >= 0.3 is 0 Å². The number of rotatable bonds is 7. The maximum absolute atomic E-state index is 6.71. The van der Waals surface area contributed by atoms with Crippen LogP contribution < -0.4 is 4.90 Å². The first-order valence-electron chi connectivity index (χ1n) is 19.4. The number of furan rings is 1. The van der Waals surface area contributed by atoms with Crippen LogP contribution in [0.15, 0.2) is 223 Å². The lowest BCUT2D eigenvalue weighted by Gasteiger charge is -2.28. The van der Waals surface area contributed by atoms with Gasteiger partial charge in [-0.3, -0.25) is 0 Å². The van der Waals surface area contributed by atoms with E-state index in [1.54, 1.807) is 0 Å². The minimum Gasteiger partial charge on any atom is -0.455 e. The Morgan fingerprint density at radius 3 is 1.81 bits per heavy atom. The number of anilines is 3. The molecule has 0 spiro atoms. The molecule has 0 N–H and O–H groups in total. The third-order valence-electron chi connectivity index (χ3n) is 11.2. The quantitative estimate of drug-likeness (QED) is 0.163. The SMILES string of the molecule is c1ccc(-c2ccc(N(c3ccccc3)c3ccc4c5ccccc5n(-c5ccccc5-c5ccccc5)c4c3)c(-c3cccc4c3oc3ccccc34)c2)cc1. The van der Waals surface area contributed by atoms with Crippen LogP contribution in [0.1, 0.15) is 0 Å². The van der Waals surface area contributed by atoms with Crippen molar-refractivity contribution in [2.24, 2.45) is 0 Å². The van der Waals surface area contributed by atoms with Crippen molar-refractivity contribution in [3.63, 3.8) is 0 Å². The summed E-state index contributed by atoms with van der Waals surface area (Å²) in [4.78, 5) is 2.40. The van der Waals surface area contributed by atoms with Crippen LogP contribution in [0.3, 0.4) is 0 Å². The van der Waals surface area contributed by atoms with Gasteiger partial charge in [-0.1, -0.05) is 164 Å². The number of hydrogen-bond acceptors (Lipinski definition) is 2. The normalized spacial score (nSPS) is 11.5. The monoisotopic (exact) mass is 728 g/mol. The number of hydrogen-bond donors (Lipinski definition) is 0. The second kappa shape index (κ2) is 13.6. The smallest absolute Gasteiger partial charge is 0.143 e. The van der Waals surface area contributed by atoms with E-state index in [1.165, 1.54) is 27.4 Å². The molecule has 2 aromatic heterocycles. The topological polar surface area (TPSA) is 21.3 Å². The molecular formula is C54H36N2O. The summed E-state index contributed by atoms with van der Waals surface area (Å²) < 4.78 is 9.15. The summed E-state index contributed by atoms with van der Waals surface area (Å²) >= 11 is 0. The average molecular weight is 729 g/mol. The average Bonchev–Trinajstić information content (AvgIpc) is 3.83. The van der Waals surface area contributed by atoms with Gasteiger partial charge in [-0.15, -0.1) is 0 Å². The van der Waals surface area contributed by atoms with Gasteiger partial charge in [0.2, 0.25) is 0 Å². The van der Waals surface area contributed by atoms with Crippen LogP contribution in [0, 0.1) is 0 Å². The number of fused-ring (bicyclic) bond motifs is 6. The van der Waals surface area contributed by atoms with Crippen LogP contribution in [0.4, 0.5) is 17.1 Å². The zero-order chi connectivity index (χ0) is 37.7. The predicted octanol–water partition coefficient (Wildman–Crippen LogP) is 15.2. The molecule has 2 heterocycles. The lowest BCUT2D eigenvalue weighted by molar-refractivity contribution is 0.670. The second-order valence-corrected chi connectivity index (χ2v) is 14.5. The molecule has 0 amide bonds. The minimum absolute atomic E-state index is 0.881. The van der Waals surface area contributed by atoms with Crippen molar-refractivity contribution >= 4 is 60.8 Å². The molecule has 0 saturated carbocycles. The summed E-state index contributed by atoms with van der Waals surface area (Å²) in [6.07, 6.45) is 0. The van der Waals surface area contributed by atoms with Crippen LogP contribution in [0.25, 0.3) is 82.8 Å². The summed E-state index contributed by atoms with van der Waals surface area (Å²) in [5.41, 5.74) is 15.2. The van der Waals surface area contributed by atoms with Gasteiger partial charge < -0.3 is 13.9 Å². The van der Waals surface area contributed by atoms with Crippen LogP contribution in [-0.2, 0) is 0 Å². The molecule has 0 atom stereocenters. The Morgan fingerprint density at radius 1 is 0.351 bits per heavy atom. The van der Waals surface area contributed by atoms with Crippen molar-refractivity contribution in [2.45, 2.75) is 0 Å². The molecule has 0 radical (unpaired) electrons. The zero-order valence-electron chi connectivity index (χ0n) is 31.1. The van der Waals surface area contributed by atoms with E-state index in [9.17, 15) is 0 Å². The third kappa shape index (κ3) is 5.51. The molecule has 0 fully saturated rings. The molecule has 0 aliphatic heterocycles. The van der Waals surface area contributed by atoms with E-state index in [1.807, 2.05) is 6.07 Å². The predicted molar refractivity (Wildman–Crippen MR) is 239 cm³/mol. The van der Waals surface area contributed by atoms with E-state index in [0.717, 1.165) is 72.5 Å². The number of aromatic nitrogens is 1. The molecule has 9 aromatic carbocycles. The van der Waals surface area contributed by atoms with Crippen molar-refractivity contribution in [2.75, 3.05) is 4.90 Å². The molecule has 11 aromatic rings. The first-order valence-corrected chi connectivity index (χ1v) is 19.4. The molecule has 0 aliphatic rings. The van der Waals surface area contributed by atoms with Gasteiger partial charge in [0.1, 0.15) is 11.2 Å². The molecule has 3 nitrogen and oxygen atoms in total. The van der Waals surface area contributed by atoms with Crippen molar-refractivity contribution in [3.05, 3.63) is 218 Å². The highest BCUT2D eigenvalue weighted by Gasteiger charge is 2.23. The Kier molecular flexibility index (Phi) is 7.82. The molecule has 268 valence electrons. The molecule has 57 heavy (non-hydrogen) atoms. The van der Waals surface area contributed by atoms with E-state index >= 15 is 0 Å². The molecule has 11 rings (SSSR count). The van der Waals surface area contributed by atoms with Gasteiger partial charge in [0, 0.05) is 49.6 Å². The first kappa shape index (κ1) is 32.8. The summed E-state index contributed by atoms with van der Waals surface area (Å²) in [7, 11) is 0. The lowest BCUT2D eigenvalue weighted by atomic mass is 9.95. The maximum Gasteiger partial charge on any atom is 0.143 e. The van der Waals surface area contributed by atoms with E-state index < -0.39 is 0 Å². The zero-order valence-corrected chi connectivity index (χ0v) is 31.1. The molecule has 0 bridgehead atoms. The fourth-order valence-electron chi connectivity index (χ4n) is 8.61. The molecule has 3 heteroatoms. The standard InChI is InChI=1S/C54H36N2O/c1-4-17-37(18-5-1)39-31-34-51(48(35-39)47-27-16-26-46-45-25-12-15-30-53(45)57-54(46)47)55(40-21-8-3-9-22-40)41-32-33-44-43-24-11-14-29-50(43)56(52(44)36-41)49-28-13-10-23-42(49)38-19-6-2-7-20-38/h1-36H. The van der Waals surface area contributed by atoms with Crippen LogP contribution in [0.5, 0.6) is 0 Å². The molecule has 0 saturated heterocycles. The van der Waals surface area contributed by atoms with Gasteiger partial charge in [-0.25, -0.2) is 0 Å². The van der Waals surface area contributed by atoms with E-state index in [-0.39, 0.29) is 0 Å². The van der Waals surface area contributed by atoms with Gasteiger partial charge in [0.05, 0.1) is 22.4 Å². The van der Waals surface area contributed by atoms with Crippen molar-refractivity contribution in [1.29, 1.82) is 0 Å². The number of benzene rings is 9. The largest absolute Gasteiger partial charge is 0.455 e. The Balaban J connectivity index is 1.19. The highest BCUT2D eigenvalue weighted by molar-refractivity contribution is 6.13. The summed E-state index contributed by atoms with van der Waals surface area (Å²) in [5.74, 6) is 0. The van der Waals surface area contributed by atoms with E-state index in [2.05, 4.69) is 222 Å². The lowest BCUT2D eigenvalue weighted by Crippen LogP contribution is -2.11. The van der Waals surface area contributed by atoms with Gasteiger partial charge in [0.15, 0.2) is 0 Å². The van der Waals surface area contributed by atoms with Gasteiger partial charge in [-0.2, -0.15) is 0 Å².